The van der Waals surface area contributed by atoms with Crippen molar-refractivity contribution in [3.63, 3.8) is 0 Å². The van der Waals surface area contributed by atoms with Gasteiger partial charge in [0.25, 0.3) is 5.91 Å². The molecule has 0 bridgehead atoms. The Balaban J connectivity index is 2.22. The second-order valence-electron chi connectivity index (χ2n) is 3.34. The molecule has 2 heterocycles. The molecule has 1 aromatic heterocycles. The van der Waals surface area contributed by atoms with E-state index < -0.39 is 0 Å². The fraction of sp³-hybridized carbons (Fsp3) is 0.300. The van der Waals surface area contributed by atoms with Crippen LogP contribution in [-0.2, 0) is 7.05 Å². The van der Waals surface area contributed by atoms with Crippen molar-refractivity contribution < 1.29 is 4.79 Å². The molecule has 1 amide bonds. The van der Waals surface area contributed by atoms with Gasteiger partial charge in [-0.3, -0.25) is 4.79 Å². The maximum atomic E-state index is 11.9. The molecular formula is C10H11ClN2O. The van der Waals surface area contributed by atoms with Crippen LogP contribution in [0.2, 0.25) is 5.02 Å². The number of nitrogens with zero attached hydrogens (tertiary/aromatic N) is 2. The van der Waals surface area contributed by atoms with E-state index in [4.69, 9.17) is 11.6 Å². The number of halogens is 1. The molecule has 3 nitrogen and oxygen atoms in total. The average molecular weight is 211 g/mol. The normalized spacial score (nSPS) is 15.1. The summed E-state index contributed by atoms with van der Waals surface area (Å²) in [6, 6.07) is 1.70. The van der Waals surface area contributed by atoms with Crippen molar-refractivity contribution in [3.05, 3.63) is 35.1 Å². The first-order valence-corrected chi connectivity index (χ1v) is 4.82. The molecule has 14 heavy (non-hydrogen) atoms. The Morgan fingerprint density at radius 2 is 2.07 bits per heavy atom. The Morgan fingerprint density at radius 1 is 1.43 bits per heavy atom. The van der Waals surface area contributed by atoms with E-state index in [1.807, 2.05) is 19.2 Å². The maximum absolute atomic E-state index is 11.9. The lowest BCUT2D eigenvalue weighted by molar-refractivity contribution is 0.0790. The van der Waals surface area contributed by atoms with Crippen molar-refractivity contribution in [2.24, 2.45) is 7.05 Å². The molecule has 0 saturated heterocycles. The van der Waals surface area contributed by atoms with Gasteiger partial charge in [0.1, 0.15) is 5.69 Å². The monoisotopic (exact) mass is 210 g/mol. The van der Waals surface area contributed by atoms with Gasteiger partial charge < -0.3 is 9.47 Å². The molecule has 0 spiro atoms. The van der Waals surface area contributed by atoms with Crippen LogP contribution in [0.3, 0.4) is 0 Å². The molecule has 74 valence electrons. The predicted molar refractivity (Wildman–Crippen MR) is 55.5 cm³/mol. The number of aromatic nitrogens is 1. The molecule has 0 unspecified atom stereocenters. The summed E-state index contributed by atoms with van der Waals surface area (Å²) in [6.07, 6.45) is 5.71. The van der Waals surface area contributed by atoms with Crippen LogP contribution >= 0.6 is 11.6 Å². The third-order valence-corrected chi connectivity index (χ3v) is 2.50. The van der Waals surface area contributed by atoms with E-state index >= 15 is 0 Å². The molecule has 0 aromatic carbocycles. The van der Waals surface area contributed by atoms with E-state index in [1.165, 1.54) is 0 Å². The van der Waals surface area contributed by atoms with Crippen molar-refractivity contribution in [3.8, 4) is 0 Å². The Kier molecular flexibility index (Phi) is 2.33. The second kappa shape index (κ2) is 3.50. The summed E-state index contributed by atoms with van der Waals surface area (Å²) in [4.78, 5) is 13.7. The first kappa shape index (κ1) is 9.34. The van der Waals surface area contributed by atoms with Crippen LogP contribution in [0.25, 0.3) is 0 Å². The Hall–Kier alpha value is -1.22. The summed E-state index contributed by atoms with van der Waals surface area (Å²) in [5, 5.41) is 0.600. The van der Waals surface area contributed by atoms with Crippen LogP contribution in [0, 0.1) is 0 Å². The SMILES string of the molecule is Cn1cc(Cl)cc1C(=O)N1CC=CC1. The van der Waals surface area contributed by atoms with Crippen molar-refractivity contribution in [1.82, 2.24) is 9.47 Å². The van der Waals surface area contributed by atoms with Gasteiger partial charge >= 0.3 is 0 Å². The second-order valence-corrected chi connectivity index (χ2v) is 3.77. The molecule has 1 aromatic rings. The van der Waals surface area contributed by atoms with E-state index in [1.54, 1.807) is 21.7 Å². The van der Waals surface area contributed by atoms with Crippen LogP contribution < -0.4 is 0 Å². The van der Waals surface area contributed by atoms with Crippen LogP contribution in [0.1, 0.15) is 10.5 Å². The Bertz CT molecular complexity index is 387. The topological polar surface area (TPSA) is 25.2 Å². The third-order valence-electron chi connectivity index (χ3n) is 2.30. The van der Waals surface area contributed by atoms with E-state index in [2.05, 4.69) is 0 Å². The molecule has 2 rings (SSSR count). The third kappa shape index (κ3) is 1.55. The maximum Gasteiger partial charge on any atom is 0.271 e. The summed E-state index contributed by atoms with van der Waals surface area (Å²) in [5.74, 6) is 0.0319. The fourth-order valence-electron chi connectivity index (χ4n) is 1.54. The number of aryl methyl sites for hydroxylation is 1. The summed E-state index contributed by atoms with van der Waals surface area (Å²) >= 11 is 5.81. The lowest BCUT2D eigenvalue weighted by atomic mass is 10.3. The summed E-state index contributed by atoms with van der Waals surface area (Å²) in [5.41, 5.74) is 0.638. The first-order valence-electron chi connectivity index (χ1n) is 4.44. The molecular weight excluding hydrogens is 200 g/mol. The van der Waals surface area contributed by atoms with Gasteiger partial charge in [0.15, 0.2) is 0 Å². The molecule has 0 aliphatic carbocycles. The van der Waals surface area contributed by atoms with Gasteiger partial charge in [-0.15, -0.1) is 0 Å². The highest BCUT2D eigenvalue weighted by Crippen LogP contribution is 2.15. The Morgan fingerprint density at radius 3 is 2.57 bits per heavy atom. The highest BCUT2D eigenvalue weighted by atomic mass is 35.5. The number of carbonyl (C=O) groups excluding carboxylic acids is 1. The molecule has 0 N–H and O–H groups in total. The standard InChI is InChI=1S/C10H11ClN2O/c1-12-7-8(11)6-9(12)10(14)13-4-2-3-5-13/h2-3,6-7H,4-5H2,1H3. The number of rotatable bonds is 1. The van der Waals surface area contributed by atoms with Crippen LogP contribution in [0.15, 0.2) is 24.4 Å². The van der Waals surface area contributed by atoms with Crippen LogP contribution in [0.5, 0.6) is 0 Å². The number of hydrogen-bond donors (Lipinski definition) is 0. The number of hydrogen-bond acceptors (Lipinski definition) is 1. The first-order chi connectivity index (χ1) is 6.68. The van der Waals surface area contributed by atoms with Gasteiger partial charge in [-0.05, 0) is 6.07 Å². The summed E-state index contributed by atoms with van der Waals surface area (Å²) < 4.78 is 1.75. The van der Waals surface area contributed by atoms with Gasteiger partial charge in [-0.1, -0.05) is 23.8 Å². The minimum Gasteiger partial charge on any atom is -0.345 e. The molecule has 0 saturated carbocycles. The van der Waals surface area contributed by atoms with Gasteiger partial charge in [-0.25, -0.2) is 0 Å². The highest BCUT2D eigenvalue weighted by Gasteiger charge is 2.19. The summed E-state index contributed by atoms with van der Waals surface area (Å²) in [6.45, 7) is 1.39. The Labute approximate surface area is 87.6 Å². The predicted octanol–water partition coefficient (Wildman–Crippen LogP) is 1.69. The molecule has 1 aliphatic rings. The van der Waals surface area contributed by atoms with E-state index in [9.17, 15) is 4.79 Å². The van der Waals surface area contributed by atoms with Crippen molar-refractivity contribution in [2.45, 2.75) is 0 Å². The smallest absolute Gasteiger partial charge is 0.271 e. The molecule has 0 radical (unpaired) electrons. The zero-order valence-electron chi connectivity index (χ0n) is 7.90. The van der Waals surface area contributed by atoms with Gasteiger partial charge in [0.2, 0.25) is 0 Å². The summed E-state index contributed by atoms with van der Waals surface area (Å²) in [7, 11) is 1.82. The number of amides is 1. The van der Waals surface area contributed by atoms with Gasteiger partial charge in [0.05, 0.1) is 5.02 Å². The van der Waals surface area contributed by atoms with Crippen LogP contribution in [-0.4, -0.2) is 28.5 Å². The van der Waals surface area contributed by atoms with Crippen molar-refractivity contribution in [1.29, 1.82) is 0 Å². The average Bonchev–Trinajstić information content (AvgIpc) is 2.73. The minimum absolute atomic E-state index is 0.0319. The number of carbonyl (C=O) groups is 1. The van der Waals surface area contributed by atoms with Crippen molar-refractivity contribution in [2.75, 3.05) is 13.1 Å². The zero-order valence-corrected chi connectivity index (χ0v) is 8.66. The highest BCUT2D eigenvalue weighted by molar-refractivity contribution is 6.31. The lowest BCUT2D eigenvalue weighted by Gasteiger charge is -2.15. The quantitative estimate of drug-likeness (QED) is 0.648. The zero-order chi connectivity index (χ0) is 10.1. The van der Waals surface area contributed by atoms with E-state index in [0.29, 0.717) is 23.8 Å². The molecule has 4 heteroatoms. The molecule has 1 aliphatic heterocycles. The van der Waals surface area contributed by atoms with E-state index in [-0.39, 0.29) is 5.91 Å². The lowest BCUT2D eigenvalue weighted by Crippen LogP contribution is -2.29. The largest absolute Gasteiger partial charge is 0.345 e. The van der Waals surface area contributed by atoms with Crippen molar-refractivity contribution >= 4 is 17.5 Å². The van der Waals surface area contributed by atoms with E-state index in [0.717, 1.165) is 0 Å². The van der Waals surface area contributed by atoms with Gasteiger partial charge in [-0.2, -0.15) is 0 Å². The fourth-order valence-corrected chi connectivity index (χ4v) is 1.79. The molecule has 0 fully saturated rings. The minimum atomic E-state index is 0.0319. The molecule has 0 atom stereocenters. The van der Waals surface area contributed by atoms with Gasteiger partial charge in [0, 0.05) is 26.3 Å². The van der Waals surface area contributed by atoms with Crippen LogP contribution in [0.4, 0.5) is 0 Å².